The number of halogens is 2. The Morgan fingerprint density at radius 2 is 2.10 bits per heavy atom. The average Bonchev–Trinajstić information content (AvgIpc) is 3.19. The first-order valence-electron chi connectivity index (χ1n) is 9.86. The smallest absolute Gasteiger partial charge is 0.190 e. The van der Waals surface area contributed by atoms with E-state index in [2.05, 4.69) is 24.6 Å². The Bertz CT molecular complexity index is 1050. The van der Waals surface area contributed by atoms with E-state index in [-0.39, 0.29) is 6.17 Å². The summed E-state index contributed by atoms with van der Waals surface area (Å²) in [7, 11) is 0. The molecule has 0 fully saturated rings. The van der Waals surface area contributed by atoms with Gasteiger partial charge in [-0.1, -0.05) is 48.8 Å². The first-order valence-corrected chi connectivity index (χ1v) is 12.8. The predicted molar refractivity (Wildman–Crippen MR) is 129 cm³/mol. The Morgan fingerprint density at radius 1 is 1.26 bits per heavy atom. The SMILES string of the molecule is CCCSc1nc2c(c(SC)n1)C1=NC(=COc3ccc(Cl)cc3Cl)NN1C(CC)N2. The number of hydrazine groups is 1. The summed E-state index contributed by atoms with van der Waals surface area (Å²) in [6, 6.07) is 5.08. The maximum absolute atomic E-state index is 6.20. The minimum atomic E-state index is -0.00935. The van der Waals surface area contributed by atoms with E-state index in [1.165, 1.54) is 6.26 Å². The largest absolute Gasteiger partial charge is 0.460 e. The van der Waals surface area contributed by atoms with E-state index in [1.54, 1.807) is 41.7 Å². The number of hydrogen-bond donors (Lipinski definition) is 2. The molecule has 2 aromatic rings. The van der Waals surface area contributed by atoms with E-state index in [1.807, 2.05) is 11.3 Å². The maximum Gasteiger partial charge on any atom is 0.190 e. The normalized spacial score (nSPS) is 18.2. The Hall–Kier alpha value is -1.81. The molecule has 0 amide bonds. The van der Waals surface area contributed by atoms with Gasteiger partial charge < -0.3 is 10.1 Å². The molecule has 0 bridgehead atoms. The second kappa shape index (κ2) is 9.77. The van der Waals surface area contributed by atoms with Crippen LogP contribution in [0.25, 0.3) is 0 Å². The van der Waals surface area contributed by atoms with Crippen LogP contribution in [-0.2, 0) is 0 Å². The summed E-state index contributed by atoms with van der Waals surface area (Å²) in [5, 5.41) is 8.16. The minimum Gasteiger partial charge on any atom is -0.460 e. The zero-order chi connectivity index (χ0) is 22.0. The fourth-order valence-electron chi connectivity index (χ4n) is 3.15. The van der Waals surface area contributed by atoms with Gasteiger partial charge in [-0.25, -0.2) is 20.0 Å². The summed E-state index contributed by atoms with van der Waals surface area (Å²) < 4.78 is 5.75. The van der Waals surface area contributed by atoms with Gasteiger partial charge in [0.25, 0.3) is 0 Å². The molecule has 164 valence electrons. The van der Waals surface area contributed by atoms with Gasteiger partial charge in [0.05, 0.1) is 10.6 Å². The Kier molecular flexibility index (Phi) is 7.05. The molecule has 1 atom stereocenters. The van der Waals surface area contributed by atoms with Gasteiger partial charge in [-0.2, -0.15) is 0 Å². The highest BCUT2D eigenvalue weighted by Crippen LogP contribution is 2.35. The highest BCUT2D eigenvalue weighted by Gasteiger charge is 2.37. The van der Waals surface area contributed by atoms with Crippen molar-refractivity contribution in [2.24, 2.45) is 4.99 Å². The highest BCUT2D eigenvalue weighted by atomic mass is 35.5. The summed E-state index contributed by atoms with van der Waals surface area (Å²) in [6.07, 6.45) is 5.46. The van der Waals surface area contributed by atoms with Crippen molar-refractivity contribution in [1.82, 2.24) is 20.4 Å². The number of amidine groups is 1. The highest BCUT2D eigenvalue weighted by molar-refractivity contribution is 7.99. The first-order chi connectivity index (χ1) is 15.0. The minimum absolute atomic E-state index is 0.00935. The van der Waals surface area contributed by atoms with Gasteiger partial charge in [0.1, 0.15) is 29.0 Å². The maximum atomic E-state index is 6.20. The van der Waals surface area contributed by atoms with E-state index in [0.717, 1.165) is 46.0 Å². The van der Waals surface area contributed by atoms with Crippen LogP contribution in [0, 0.1) is 0 Å². The first kappa shape index (κ1) is 22.4. The number of aromatic nitrogens is 2. The molecule has 1 unspecified atom stereocenters. The molecule has 3 heterocycles. The van der Waals surface area contributed by atoms with Crippen LogP contribution in [0.5, 0.6) is 5.75 Å². The van der Waals surface area contributed by atoms with Gasteiger partial charge in [0, 0.05) is 10.8 Å². The van der Waals surface area contributed by atoms with Crippen molar-refractivity contribution in [1.29, 1.82) is 0 Å². The van der Waals surface area contributed by atoms with Crippen molar-refractivity contribution in [3.8, 4) is 5.75 Å². The van der Waals surface area contributed by atoms with E-state index in [4.69, 9.17) is 42.9 Å². The second-order valence-corrected chi connectivity index (χ2v) is 9.47. The molecular weight excluding hydrogens is 475 g/mol. The average molecular weight is 497 g/mol. The molecule has 2 aliphatic heterocycles. The fourth-order valence-corrected chi connectivity index (χ4v) is 4.93. The summed E-state index contributed by atoms with van der Waals surface area (Å²) >= 11 is 15.4. The Labute approximate surface area is 200 Å². The van der Waals surface area contributed by atoms with E-state index in [0.29, 0.717) is 21.6 Å². The zero-order valence-corrected chi connectivity index (χ0v) is 20.4. The van der Waals surface area contributed by atoms with Gasteiger partial charge >= 0.3 is 0 Å². The molecule has 4 rings (SSSR count). The van der Waals surface area contributed by atoms with Crippen LogP contribution in [0.3, 0.4) is 0 Å². The predicted octanol–water partition coefficient (Wildman–Crippen LogP) is 5.61. The summed E-state index contributed by atoms with van der Waals surface area (Å²) in [5.74, 6) is 3.63. The molecule has 1 aromatic heterocycles. The molecule has 7 nitrogen and oxygen atoms in total. The summed E-state index contributed by atoms with van der Waals surface area (Å²) in [6.45, 7) is 4.26. The van der Waals surface area contributed by atoms with E-state index in [9.17, 15) is 0 Å². The molecular formula is C20H22Cl2N6OS2. The lowest BCUT2D eigenvalue weighted by Gasteiger charge is -2.36. The van der Waals surface area contributed by atoms with Gasteiger partial charge in [-0.3, -0.25) is 5.43 Å². The molecule has 0 spiro atoms. The molecule has 1 aromatic carbocycles. The van der Waals surface area contributed by atoms with Gasteiger partial charge in [0.2, 0.25) is 0 Å². The summed E-state index contributed by atoms with van der Waals surface area (Å²) in [4.78, 5) is 14.3. The molecule has 0 saturated carbocycles. The van der Waals surface area contributed by atoms with Crippen LogP contribution < -0.4 is 15.5 Å². The zero-order valence-electron chi connectivity index (χ0n) is 17.3. The van der Waals surface area contributed by atoms with Crippen LogP contribution >= 0.6 is 46.7 Å². The third-order valence-corrected chi connectivity index (χ3v) is 6.86. The topological polar surface area (TPSA) is 74.7 Å². The number of thioether (sulfide) groups is 2. The number of ether oxygens (including phenoxy) is 1. The molecule has 31 heavy (non-hydrogen) atoms. The lowest BCUT2D eigenvalue weighted by atomic mass is 10.2. The quantitative estimate of drug-likeness (QED) is 0.221. The monoisotopic (exact) mass is 496 g/mol. The van der Waals surface area contributed by atoms with Crippen molar-refractivity contribution in [3.05, 3.63) is 45.9 Å². The number of anilines is 1. The molecule has 0 aliphatic carbocycles. The summed E-state index contributed by atoms with van der Waals surface area (Å²) in [5.41, 5.74) is 4.19. The standard InChI is InChI=1S/C20H22Cl2N6OS2/c1-4-8-31-20-25-17-16(19(26-20)30-3)18-23-14(27-28(18)15(5-2)24-17)10-29-13-7-6-11(21)9-12(13)22/h6-7,9-10,15,27H,4-5,8H2,1-3H3,(H,24,25,26). The van der Waals surface area contributed by atoms with Gasteiger partial charge in [-0.05, 0) is 37.3 Å². The van der Waals surface area contributed by atoms with Crippen LogP contribution in [0.1, 0.15) is 32.3 Å². The van der Waals surface area contributed by atoms with E-state index >= 15 is 0 Å². The number of aliphatic imine (C=N–C) groups is 1. The molecule has 11 heteroatoms. The number of nitrogens with one attached hydrogen (secondary N) is 2. The molecule has 0 radical (unpaired) electrons. The van der Waals surface area contributed by atoms with E-state index < -0.39 is 0 Å². The van der Waals surface area contributed by atoms with Crippen molar-refractivity contribution in [2.75, 3.05) is 17.3 Å². The van der Waals surface area contributed by atoms with Gasteiger partial charge in [-0.15, -0.1) is 11.8 Å². The third-order valence-electron chi connectivity index (χ3n) is 4.59. The number of rotatable bonds is 7. The number of benzene rings is 1. The van der Waals surface area contributed by atoms with Crippen LogP contribution in [0.2, 0.25) is 10.0 Å². The van der Waals surface area contributed by atoms with Crippen molar-refractivity contribution in [3.63, 3.8) is 0 Å². The Balaban J connectivity index is 1.68. The number of nitrogens with zero attached hydrogens (tertiary/aromatic N) is 4. The third kappa shape index (κ3) is 4.69. The van der Waals surface area contributed by atoms with Crippen LogP contribution in [0.4, 0.5) is 5.82 Å². The lowest BCUT2D eigenvalue weighted by molar-refractivity contribution is 0.276. The van der Waals surface area contributed by atoms with Crippen LogP contribution in [-0.4, -0.2) is 39.0 Å². The van der Waals surface area contributed by atoms with Crippen LogP contribution in [0.15, 0.2) is 45.5 Å². The number of fused-ring (bicyclic) bond motifs is 3. The molecule has 2 aliphatic rings. The van der Waals surface area contributed by atoms with Crippen molar-refractivity contribution in [2.45, 2.75) is 43.0 Å². The van der Waals surface area contributed by atoms with Crippen molar-refractivity contribution >= 4 is 58.4 Å². The van der Waals surface area contributed by atoms with Gasteiger partial charge in [0.15, 0.2) is 16.8 Å². The lowest BCUT2D eigenvalue weighted by Crippen LogP contribution is -2.52. The number of hydrogen-bond acceptors (Lipinski definition) is 9. The Morgan fingerprint density at radius 3 is 2.81 bits per heavy atom. The molecule has 2 N–H and O–H groups in total. The second-order valence-electron chi connectivity index (χ2n) is 6.77. The van der Waals surface area contributed by atoms with Crippen molar-refractivity contribution < 1.29 is 4.74 Å². The molecule has 0 saturated heterocycles. The fraction of sp³-hybridized carbons (Fsp3) is 0.350.